The van der Waals surface area contributed by atoms with Crippen LogP contribution in [0.3, 0.4) is 0 Å². The monoisotopic (exact) mass is 326 g/mol. The van der Waals surface area contributed by atoms with Crippen LogP contribution in [0.2, 0.25) is 0 Å². The summed E-state index contributed by atoms with van der Waals surface area (Å²) in [6.45, 7) is 3.44. The predicted octanol–water partition coefficient (Wildman–Crippen LogP) is 1.95. The summed E-state index contributed by atoms with van der Waals surface area (Å²) in [5.41, 5.74) is 1.20. The van der Waals surface area contributed by atoms with E-state index in [9.17, 15) is 14.9 Å². The quantitative estimate of drug-likeness (QED) is 0.634. The highest BCUT2D eigenvalue weighted by atomic mass is 16.6. The van der Waals surface area contributed by atoms with Crippen LogP contribution in [-0.2, 0) is 6.54 Å². The molecule has 0 saturated carbocycles. The van der Waals surface area contributed by atoms with Gasteiger partial charge in [-0.3, -0.25) is 24.8 Å². The van der Waals surface area contributed by atoms with Gasteiger partial charge < -0.3 is 4.90 Å². The van der Waals surface area contributed by atoms with Crippen LogP contribution in [0.15, 0.2) is 48.8 Å². The molecule has 1 aromatic carbocycles. The van der Waals surface area contributed by atoms with Gasteiger partial charge in [-0.05, 0) is 23.8 Å². The van der Waals surface area contributed by atoms with Crippen LogP contribution >= 0.6 is 0 Å². The number of carbonyl (C=O) groups is 1. The van der Waals surface area contributed by atoms with Crippen LogP contribution in [0, 0.1) is 10.1 Å². The lowest BCUT2D eigenvalue weighted by atomic mass is 10.1. The number of amides is 1. The van der Waals surface area contributed by atoms with E-state index < -0.39 is 4.92 Å². The first-order valence-corrected chi connectivity index (χ1v) is 7.79. The van der Waals surface area contributed by atoms with Crippen molar-refractivity contribution in [2.75, 3.05) is 26.2 Å². The third kappa shape index (κ3) is 3.57. The maximum absolute atomic E-state index is 12.6. The van der Waals surface area contributed by atoms with Crippen LogP contribution in [0.1, 0.15) is 15.9 Å². The van der Waals surface area contributed by atoms with Gasteiger partial charge in [-0.2, -0.15) is 0 Å². The van der Waals surface area contributed by atoms with Crippen molar-refractivity contribution in [3.05, 3.63) is 70.0 Å². The summed E-state index contributed by atoms with van der Waals surface area (Å²) in [6, 6.07) is 10.1. The Kier molecular flexibility index (Phi) is 4.81. The van der Waals surface area contributed by atoms with Gasteiger partial charge in [-0.25, -0.2) is 0 Å². The topological polar surface area (TPSA) is 79.6 Å². The summed E-state index contributed by atoms with van der Waals surface area (Å²) in [7, 11) is 0. The Morgan fingerprint density at radius 3 is 2.42 bits per heavy atom. The highest BCUT2D eigenvalue weighted by molar-refractivity contribution is 5.98. The molecule has 0 bridgehead atoms. The first kappa shape index (κ1) is 16.1. The van der Waals surface area contributed by atoms with Crippen molar-refractivity contribution in [3.63, 3.8) is 0 Å². The zero-order chi connectivity index (χ0) is 16.9. The molecule has 0 radical (unpaired) electrons. The first-order valence-electron chi connectivity index (χ1n) is 7.79. The number of pyridine rings is 1. The lowest BCUT2D eigenvalue weighted by Crippen LogP contribution is -2.48. The number of nitro groups is 1. The van der Waals surface area contributed by atoms with E-state index in [-0.39, 0.29) is 17.2 Å². The third-order valence-electron chi connectivity index (χ3n) is 4.15. The number of hydrogen-bond acceptors (Lipinski definition) is 5. The Bertz CT molecular complexity index is 728. The molecule has 24 heavy (non-hydrogen) atoms. The summed E-state index contributed by atoms with van der Waals surface area (Å²) in [4.78, 5) is 31.1. The molecule has 7 heteroatoms. The third-order valence-corrected chi connectivity index (χ3v) is 4.15. The number of hydrogen-bond donors (Lipinski definition) is 0. The predicted molar refractivity (Wildman–Crippen MR) is 88.5 cm³/mol. The van der Waals surface area contributed by atoms with Crippen LogP contribution < -0.4 is 0 Å². The van der Waals surface area contributed by atoms with E-state index in [0.717, 1.165) is 19.6 Å². The van der Waals surface area contributed by atoms with E-state index in [1.54, 1.807) is 29.4 Å². The molecule has 0 N–H and O–H groups in total. The number of carbonyl (C=O) groups excluding carboxylic acids is 1. The van der Waals surface area contributed by atoms with Crippen molar-refractivity contribution in [2.24, 2.45) is 0 Å². The minimum Gasteiger partial charge on any atom is -0.336 e. The van der Waals surface area contributed by atoms with Crippen molar-refractivity contribution in [1.29, 1.82) is 0 Å². The van der Waals surface area contributed by atoms with Crippen LogP contribution in [0.25, 0.3) is 0 Å². The number of aromatic nitrogens is 1. The Morgan fingerprint density at radius 1 is 1.08 bits per heavy atom. The molecule has 1 fully saturated rings. The Morgan fingerprint density at radius 2 is 1.75 bits per heavy atom. The van der Waals surface area contributed by atoms with Gasteiger partial charge in [-0.15, -0.1) is 0 Å². The summed E-state index contributed by atoms with van der Waals surface area (Å²) >= 11 is 0. The summed E-state index contributed by atoms with van der Waals surface area (Å²) in [6.07, 6.45) is 3.54. The smallest absolute Gasteiger partial charge is 0.282 e. The molecule has 1 saturated heterocycles. The van der Waals surface area contributed by atoms with Crippen molar-refractivity contribution in [2.45, 2.75) is 6.54 Å². The van der Waals surface area contributed by atoms with Gasteiger partial charge >= 0.3 is 0 Å². The molecular weight excluding hydrogens is 308 g/mol. The molecule has 0 aliphatic carbocycles. The number of piperazine rings is 1. The molecule has 0 atom stereocenters. The molecule has 1 aliphatic heterocycles. The molecule has 0 spiro atoms. The Hall–Kier alpha value is -2.80. The highest BCUT2D eigenvalue weighted by Crippen LogP contribution is 2.20. The van der Waals surface area contributed by atoms with E-state index in [1.807, 2.05) is 12.1 Å². The zero-order valence-electron chi connectivity index (χ0n) is 13.2. The van der Waals surface area contributed by atoms with Gasteiger partial charge in [0.25, 0.3) is 11.6 Å². The molecule has 0 unspecified atom stereocenters. The molecule has 1 aromatic heterocycles. The molecule has 2 aromatic rings. The molecule has 3 rings (SSSR count). The molecule has 7 nitrogen and oxygen atoms in total. The van der Waals surface area contributed by atoms with Crippen LogP contribution in [-0.4, -0.2) is 51.8 Å². The SMILES string of the molecule is O=C(c1ccccc1[N+](=O)[O-])N1CCN(Cc2ccncc2)CC1. The average molecular weight is 326 g/mol. The molecule has 1 aliphatic rings. The standard InChI is InChI=1S/C17H18N4O3/c22-17(15-3-1-2-4-16(15)21(23)24)20-11-9-19(10-12-20)13-14-5-7-18-8-6-14/h1-8H,9-13H2. The number of para-hydroxylation sites is 1. The van der Waals surface area contributed by atoms with Crippen molar-refractivity contribution in [3.8, 4) is 0 Å². The maximum atomic E-state index is 12.6. The minimum absolute atomic E-state index is 0.137. The first-order chi connectivity index (χ1) is 11.6. The summed E-state index contributed by atoms with van der Waals surface area (Å²) < 4.78 is 0. The van der Waals surface area contributed by atoms with Crippen molar-refractivity contribution in [1.82, 2.24) is 14.8 Å². The summed E-state index contributed by atoms with van der Waals surface area (Å²) in [5.74, 6) is -0.272. The van der Waals surface area contributed by atoms with Crippen LogP contribution in [0.4, 0.5) is 5.69 Å². The molecular formula is C17H18N4O3. The normalized spacial score (nSPS) is 15.2. The second-order valence-electron chi connectivity index (χ2n) is 5.70. The van der Waals surface area contributed by atoms with Crippen molar-refractivity contribution >= 4 is 11.6 Å². The zero-order valence-corrected chi connectivity index (χ0v) is 13.2. The maximum Gasteiger partial charge on any atom is 0.282 e. The van der Waals surface area contributed by atoms with Gasteiger partial charge in [0.1, 0.15) is 5.56 Å². The second kappa shape index (κ2) is 7.18. The average Bonchev–Trinajstić information content (AvgIpc) is 2.62. The van der Waals surface area contributed by atoms with E-state index in [0.29, 0.717) is 13.1 Å². The van der Waals surface area contributed by atoms with Crippen molar-refractivity contribution < 1.29 is 9.72 Å². The number of nitro benzene ring substituents is 1. The second-order valence-corrected chi connectivity index (χ2v) is 5.70. The van der Waals surface area contributed by atoms with Gasteiger partial charge in [-0.1, -0.05) is 12.1 Å². The number of benzene rings is 1. The highest BCUT2D eigenvalue weighted by Gasteiger charge is 2.27. The molecule has 1 amide bonds. The van der Waals surface area contributed by atoms with E-state index in [1.165, 1.54) is 17.7 Å². The van der Waals surface area contributed by atoms with E-state index in [2.05, 4.69) is 9.88 Å². The van der Waals surface area contributed by atoms with Gasteiger partial charge in [0, 0.05) is 51.2 Å². The molecule has 2 heterocycles. The lowest BCUT2D eigenvalue weighted by Gasteiger charge is -2.34. The largest absolute Gasteiger partial charge is 0.336 e. The van der Waals surface area contributed by atoms with E-state index in [4.69, 9.17) is 0 Å². The fourth-order valence-electron chi connectivity index (χ4n) is 2.84. The number of rotatable bonds is 4. The van der Waals surface area contributed by atoms with Gasteiger partial charge in [0.15, 0.2) is 0 Å². The minimum atomic E-state index is -0.507. The van der Waals surface area contributed by atoms with Gasteiger partial charge in [0.2, 0.25) is 0 Å². The Labute approximate surface area is 139 Å². The van der Waals surface area contributed by atoms with Gasteiger partial charge in [0.05, 0.1) is 4.92 Å². The van der Waals surface area contributed by atoms with E-state index >= 15 is 0 Å². The molecule has 124 valence electrons. The summed E-state index contributed by atoms with van der Waals surface area (Å²) in [5, 5.41) is 11.1. The lowest BCUT2D eigenvalue weighted by molar-refractivity contribution is -0.385. The fourth-order valence-corrected chi connectivity index (χ4v) is 2.84. The Balaban J connectivity index is 1.62. The fraction of sp³-hybridized carbons (Fsp3) is 0.294. The number of nitrogens with zero attached hydrogens (tertiary/aromatic N) is 4. The van der Waals surface area contributed by atoms with Crippen LogP contribution in [0.5, 0.6) is 0 Å².